The number of aromatic nitrogens is 2. The molecule has 1 aliphatic rings. The lowest BCUT2D eigenvalue weighted by molar-refractivity contribution is 0.0635. The number of nitrogens with zero attached hydrogens (tertiary/aromatic N) is 2. The van der Waals surface area contributed by atoms with Gasteiger partial charge in [-0.05, 0) is 12.8 Å². The molecule has 4 nitrogen and oxygen atoms in total. The lowest BCUT2D eigenvalue weighted by atomic mass is 9.65. The minimum absolute atomic E-state index is 0.104. The number of carbonyl (C=O) groups excluding carboxylic acids is 1. The standard InChI is InChI=1S/C10H13N3O/c11-6-10(2-1-3-10)9(14)8-4-12-7-13-5-8/h4-5,7H,1-3,6,11H2. The molecule has 1 saturated carbocycles. The van der Waals surface area contributed by atoms with Crippen LogP contribution in [0, 0.1) is 5.41 Å². The molecule has 2 N–H and O–H groups in total. The number of carbonyl (C=O) groups is 1. The van der Waals surface area contributed by atoms with Gasteiger partial charge in [0, 0.05) is 24.4 Å². The first-order valence-electron chi connectivity index (χ1n) is 4.78. The molecule has 0 atom stereocenters. The maximum atomic E-state index is 12.0. The molecule has 0 spiro atoms. The third-order valence-corrected chi connectivity index (χ3v) is 3.01. The second kappa shape index (κ2) is 3.46. The molecule has 0 unspecified atom stereocenters. The summed E-state index contributed by atoms with van der Waals surface area (Å²) < 4.78 is 0. The summed E-state index contributed by atoms with van der Waals surface area (Å²) in [5.74, 6) is 0.104. The second-order valence-corrected chi connectivity index (χ2v) is 3.79. The first kappa shape index (κ1) is 9.27. The molecule has 0 bridgehead atoms. The summed E-state index contributed by atoms with van der Waals surface area (Å²) in [4.78, 5) is 19.7. The Bertz CT molecular complexity index is 327. The Morgan fingerprint density at radius 3 is 2.50 bits per heavy atom. The molecular formula is C10H13N3O. The molecule has 0 saturated heterocycles. The van der Waals surface area contributed by atoms with Crippen LogP contribution in [0.3, 0.4) is 0 Å². The summed E-state index contributed by atoms with van der Waals surface area (Å²) >= 11 is 0. The van der Waals surface area contributed by atoms with Crippen molar-refractivity contribution >= 4 is 5.78 Å². The molecule has 1 aromatic rings. The molecular weight excluding hydrogens is 178 g/mol. The van der Waals surface area contributed by atoms with Gasteiger partial charge in [0.25, 0.3) is 0 Å². The average molecular weight is 191 g/mol. The molecule has 0 amide bonds. The zero-order valence-electron chi connectivity index (χ0n) is 7.94. The van der Waals surface area contributed by atoms with E-state index in [1.165, 1.54) is 6.33 Å². The van der Waals surface area contributed by atoms with Gasteiger partial charge >= 0.3 is 0 Å². The molecule has 1 heterocycles. The number of Topliss-reactive ketones (excluding diaryl/α,β-unsaturated/α-hetero) is 1. The van der Waals surface area contributed by atoms with E-state index >= 15 is 0 Å². The fourth-order valence-electron chi connectivity index (χ4n) is 1.85. The summed E-state index contributed by atoms with van der Waals surface area (Å²) in [5, 5.41) is 0. The number of hydrogen-bond donors (Lipinski definition) is 1. The fourth-order valence-corrected chi connectivity index (χ4v) is 1.85. The number of nitrogens with two attached hydrogens (primary N) is 1. The normalized spacial score (nSPS) is 18.6. The number of ketones is 1. The molecule has 1 aliphatic carbocycles. The highest BCUT2D eigenvalue weighted by molar-refractivity contribution is 6.00. The van der Waals surface area contributed by atoms with Gasteiger partial charge in [-0.2, -0.15) is 0 Å². The van der Waals surface area contributed by atoms with Crippen molar-refractivity contribution in [2.24, 2.45) is 11.1 Å². The van der Waals surface area contributed by atoms with E-state index in [1.54, 1.807) is 12.4 Å². The van der Waals surface area contributed by atoms with E-state index < -0.39 is 0 Å². The van der Waals surface area contributed by atoms with Gasteiger partial charge in [0.15, 0.2) is 5.78 Å². The van der Waals surface area contributed by atoms with Crippen molar-refractivity contribution in [3.63, 3.8) is 0 Å². The molecule has 0 aromatic carbocycles. The molecule has 1 aromatic heterocycles. The van der Waals surface area contributed by atoms with Crippen molar-refractivity contribution in [1.82, 2.24) is 9.97 Å². The summed E-state index contributed by atoms with van der Waals surface area (Å²) in [7, 11) is 0. The molecule has 0 radical (unpaired) electrons. The van der Waals surface area contributed by atoms with Crippen molar-refractivity contribution in [1.29, 1.82) is 0 Å². The Morgan fingerprint density at radius 1 is 1.43 bits per heavy atom. The minimum Gasteiger partial charge on any atom is -0.329 e. The fraction of sp³-hybridized carbons (Fsp3) is 0.500. The van der Waals surface area contributed by atoms with E-state index in [-0.39, 0.29) is 11.2 Å². The van der Waals surface area contributed by atoms with Crippen molar-refractivity contribution in [3.05, 3.63) is 24.3 Å². The number of rotatable bonds is 3. The SMILES string of the molecule is NCC1(C(=O)c2cncnc2)CCC1. The van der Waals surface area contributed by atoms with Gasteiger partial charge in [-0.15, -0.1) is 0 Å². The van der Waals surface area contributed by atoms with Crippen LogP contribution >= 0.6 is 0 Å². The lowest BCUT2D eigenvalue weighted by Gasteiger charge is -2.39. The van der Waals surface area contributed by atoms with Crippen LogP contribution in [0.1, 0.15) is 29.6 Å². The van der Waals surface area contributed by atoms with E-state index in [0.29, 0.717) is 12.1 Å². The topological polar surface area (TPSA) is 68.9 Å². The lowest BCUT2D eigenvalue weighted by Crippen LogP contribution is -2.44. The third-order valence-electron chi connectivity index (χ3n) is 3.01. The average Bonchev–Trinajstić information content (AvgIpc) is 2.18. The Morgan fingerprint density at radius 2 is 2.07 bits per heavy atom. The highest BCUT2D eigenvalue weighted by Gasteiger charge is 2.43. The Hall–Kier alpha value is -1.29. The quantitative estimate of drug-likeness (QED) is 0.717. The van der Waals surface area contributed by atoms with Crippen LogP contribution in [0.25, 0.3) is 0 Å². The van der Waals surface area contributed by atoms with Crippen molar-refractivity contribution in [3.8, 4) is 0 Å². The first-order chi connectivity index (χ1) is 6.78. The Labute approximate surface area is 82.6 Å². The van der Waals surface area contributed by atoms with Gasteiger partial charge in [-0.1, -0.05) is 6.42 Å². The zero-order chi connectivity index (χ0) is 10.0. The molecule has 14 heavy (non-hydrogen) atoms. The van der Waals surface area contributed by atoms with Crippen LogP contribution in [-0.2, 0) is 0 Å². The van der Waals surface area contributed by atoms with E-state index in [4.69, 9.17) is 5.73 Å². The van der Waals surface area contributed by atoms with Gasteiger partial charge in [0.05, 0.1) is 5.56 Å². The summed E-state index contributed by atoms with van der Waals surface area (Å²) in [6, 6.07) is 0. The predicted octanol–water partition coefficient (Wildman–Crippen LogP) is 0.788. The van der Waals surface area contributed by atoms with E-state index in [2.05, 4.69) is 9.97 Å². The summed E-state index contributed by atoms with van der Waals surface area (Å²) in [6.07, 6.45) is 7.44. The smallest absolute Gasteiger partial charge is 0.173 e. The van der Waals surface area contributed by atoms with Gasteiger partial charge in [-0.3, -0.25) is 4.79 Å². The highest BCUT2D eigenvalue weighted by atomic mass is 16.1. The maximum absolute atomic E-state index is 12.0. The van der Waals surface area contributed by atoms with Crippen molar-refractivity contribution in [2.75, 3.05) is 6.54 Å². The van der Waals surface area contributed by atoms with E-state index in [0.717, 1.165) is 19.3 Å². The molecule has 74 valence electrons. The monoisotopic (exact) mass is 191 g/mol. The predicted molar refractivity (Wildman–Crippen MR) is 51.7 cm³/mol. The van der Waals surface area contributed by atoms with Gasteiger partial charge in [0.2, 0.25) is 0 Å². The van der Waals surface area contributed by atoms with Crippen LogP contribution < -0.4 is 5.73 Å². The minimum atomic E-state index is -0.315. The van der Waals surface area contributed by atoms with Crippen LogP contribution in [0.15, 0.2) is 18.7 Å². The molecule has 2 rings (SSSR count). The molecule has 0 aliphatic heterocycles. The second-order valence-electron chi connectivity index (χ2n) is 3.79. The van der Waals surface area contributed by atoms with Crippen LogP contribution in [0.4, 0.5) is 0 Å². The summed E-state index contributed by atoms with van der Waals surface area (Å²) in [5.41, 5.74) is 5.91. The molecule has 1 fully saturated rings. The highest BCUT2D eigenvalue weighted by Crippen LogP contribution is 2.42. The molecule has 4 heteroatoms. The van der Waals surface area contributed by atoms with E-state index in [9.17, 15) is 4.79 Å². The zero-order valence-corrected chi connectivity index (χ0v) is 7.94. The van der Waals surface area contributed by atoms with Gasteiger partial charge < -0.3 is 5.73 Å². The Kier molecular flexibility index (Phi) is 2.29. The van der Waals surface area contributed by atoms with Crippen molar-refractivity contribution in [2.45, 2.75) is 19.3 Å². The van der Waals surface area contributed by atoms with E-state index in [1.807, 2.05) is 0 Å². The van der Waals surface area contributed by atoms with Crippen LogP contribution in [-0.4, -0.2) is 22.3 Å². The third kappa shape index (κ3) is 1.32. The maximum Gasteiger partial charge on any atom is 0.173 e. The van der Waals surface area contributed by atoms with Gasteiger partial charge in [-0.25, -0.2) is 9.97 Å². The van der Waals surface area contributed by atoms with Crippen LogP contribution in [0.2, 0.25) is 0 Å². The first-order valence-corrected chi connectivity index (χ1v) is 4.78. The largest absolute Gasteiger partial charge is 0.329 e. The van der Waals surface area contributed by atoms with Gasteiger partial charge in [0.1, 0.15) is 6.33 Å². The number of hydrogen-bond acceptors (Lipinski definition) is 4. The van der Waals surface area contributed by atoms with Crippen LogP contribution in [0.5, 0.6) is 0 Å². The van der Waals surface area contributed by atoms with Crippen molar-refractivity contribution < 1.29 is 4.79 Å². The Balaban J connectivity index is 2.23. The summed E-state index contributed by atoms with van der Waals surface area (Å²) in [6.45, 7) is 0.431.